The number of amides is 1. The van der Waals surface area contributed by atoms with Crippen molar-refractivity contribution in [2.75, 3.05) is 6.54 Å². The highest BCUT2D eigenvalue weighted by Crippen LogP contribution is 2.38. The second-order valence-electron chi connectivity index (χ2n) is 5.06. The Morgan fingerprint density at radius 2 is 1.86 bits per heavy atom. The van der Waals surface area contributed by atoms with Crippen LogP contribution in [-0.4, -0.2) is 23.4 Å². The normalized spacial score (nSPS) is 37.9. The van der Waals surface area contributed by atoms with Crippen molar-refractivity contribution in [2.24, 2.45) is 11.8 Å². The fraction of sp³-hybridized carbons (Fsp3) is 0.917. The highest BCUT2D eigenvalue weighted by atomic mass is 16.2. The predicted octanol–water partition coefficient (Wildman–Crippen LogP) is 2.43. The number of hydrogen-bond donors (Lipinski definition) is 0. The average Bonchev–Trinajstić information content (AvgIpc) is 2.16. The minimum absolute atomic E-state index is 0.265. The Hall–Kier alpha value is -0.530. The first-order chi connectivity index (χ1) is 6.68. The van der Waals surface area contributed by atoms with E-state index < -0.39 is 0 Å². The van der Waals surface area contributed by atoms with Crippen LogP contribution in [0.5, 0.6) is 0 Å². The lowest BCUT2D eigenvalue weighted by molar-refractivity contribution is -0.134. The van der Waals surface area contributed by atoms with Crippen molar-refractivity contribution in [3.8, 4) is 0 Å². The molecule has 0 spiro atoms. The lowest BCUT2D eigenvalue weighted by Crippen LogP contribution is -2.48. The van der Waals surface area contributed by atoms with Gasteiger partial charge in [0.05, 0.1) is 0 Å². The molecule has 3 unspecified atom stereocenters. The van der Waals surface area contributed by atoms with Crippen molar-refractivity contribution in [3.05, 3.63) is 0 Å². The molecule has 2 rings (SSSR count). The molecule has 1 aliphatic carbocycles. The summed E-state index contributed by atoms with van der Waals surface area (Å²) in [6, 6.07) is 0.479. The maximum Gasteiger partial charge on any atom is 0.219 e. The molecule has 2 heteroatoms. The average molecular weight is 195 g/mol. The molecule has 2 fully saturated rings. The number of likely N-dealkylation sites (tertiary alicyclic amines) is 1. The van der Waals surface area contributed by atoms with Crippen molar-refractivity contribution in [3.63, 3.8) is 0 Å². The minimum Gasteiger partial charge on any atom is -0.340 e. The molecular formula is C12H21NO. The van der Waals surface area contributed by atoms with Crippen LogP contribution >= 0.6 is 0 Å². The van der Waals surface area contributed by atoms with Crippen molar-refractivity contribution in [2.45, 2.75) is 52.0 Å². The maximum absolute atomic E-state index is 11.4. The largest absolute Gasteiger partial charge is 0.340 e. The standard InChI is InChI=1S/C12H21NO/c1-9-7-11-5-3-4-6-12(11)8-13(9)10(2)14/h9,11-12H,3-8H2,1-2H3. The fourth-order valence-corrected chi connectivity index (χ4v) is 3.27. The van der Waals surface area contributed by atoms with Gasteiger partial charge in [0.15, 0.2) is 0 Å². The summed E-state index contributed by atoms with van der Waals surface area (Å²) in [4.78, 5) is 13.5. The van der Waals surface area contributed by atoms with Crippen LogP contribution in [0.25, 0.3) is 0 Å². The zero-order chi connectivity index (χ0) is 10.1. The number of carbonyl (C=O) groups excluding carboxylic acids is 1. The number of carbonyl (C=O) groups is 1. The number of rotatable bonds is 0. The topological polar surface area (TPSA) is 20.3 Å². The van der Waals surface area contributed by atoms with Gasteiger partial charge in [0, 0.05) is 19.5 Å². The molecule has 0 aromatic carbocycles. The van der Waals surface area contributed by atoms with E-state index in [-0.39, 0.29) is 5.91 Å². The van der Waals surface area contributed by atoms with Gasteiger partial charge in [-0.1, -0.05) is 19.3 Å². The van der Waals surface area contributed by atoms with E-state index in [0.29, 0.717) is 6.04 Å². The molecule has 1 heterocycles. The van der Waals surface area contributed by atoms with E-state index in [1.165, 1.54) is 32.1 Å². The zero-order valence-electron chi connectivity index (χ0n) is 9.33. The second kappa shape index (κ2) is 3.92. The first-order valence-electron chi connectivity index (χ1n) is 5.95. The van der Waals surface area contributed by atoms with Gasteiger partial charge >= 0.3 is 0 Å². The van der Waals surface area contributed by atoms with Crippen LogP contribution in [-0.2, 0) is 4.79 Å². The SMILES string of the molecule is CC(=O)N1CC2CCCCC2CC1C. The first-order valence-corrected chi connectivity index (χ1v) is 5.95. The van der Waals surface area contributed by atoms with E-state index in [9.17, 15) is 4.79 Å². The molecule has 1 aliphatic heterocycles. The monoisotopic (exact) mass is 195 g/mol. The first kappa shape index (κ1) is 10.0. The van der Waals surface area contributed by atoms with Gasteiger partial charge in [-0.2, -0.15) is 0 Å². The lowest BCUT2D eigenvalue weighted by Gasteiger charge is -2.44. The van der Waals surface area contributed by atoms with Gasteiger partial charge in [0.25, 0.3) is 0 Å². The summed E-state index contributed by atoms with van der Waals surface area (Å²) in [5.74, 6) is 1.99. The van der Waals surface area contributed by atoms with E-state index in [2.05, 4.69) is 11.8 Å². The van der Waals surface area contributed by atoms with Gasteiger partial charge in [0.1, 0.15) is 0 Å². The van der Waals surface area contributed by atoms with E-state index in [0.717, 1.165) is 18.4 Å². The molecule has 0 radical (unpaired) electrons. The lowest BCUT2D eigenvalue weighted by atomic mass is 9.73. The van der Waals surface area contributed by atoms with E-state index in [1.54, 1.807) is 6.92 Å². The van der Waals surface area contributed by atoms with Gasteiger partial charge in [0.2, 0.25) is 5.91 Å². The molecule has 0 N–H and O–H groups in total. The third kappa shape index (κ3) is 1.79. The quantitative estimate of drug-likeness (QED) is 0.581. The smallest absolute Gasteiger partial charge is 0.219 e. The number of hydrogen-bond acceptors (Lipinski definition) is 1. The summed E-state index contributed by atoms with van der Waals surface area (Å²) in [6.45, 7) is 4.94. The molecule has 2 nitrogen and oxygen atoms in total. The highest BCUT2D eigenvalue weighted by Gasteiger charge is 2.35. The van der Waals surface area contributed by atoms with Gasteiger partial charge in [-0.05, 0) is 31.6 Å². The summed E-state index contributed by atoms with van der Waals surface area (Å²) in [7, 11) is 0. The molecule has 1 saturated heterocycles. The molecule has 3 atom stereocenters. The predicted molar refractivity (Wildman–Crippen MR) is 56.9 cm³/mol. The molecule has 2 aliphatic rings. The van der Waals surface area contributed by atoms with E-state index >= 15 is 0 Å². The number of nitrogens with zero attached hydrogens (tertiary/aromatic N) is 1. The second-order valence-corrected chi connectivity index (χ2v) is 5.06. The Morgan fingerprint density at radius 3 is 2.50 bits per heavy atom. The summed E-state index contributed by atoms with van der Waals surface area (Å²) in [5.41, 5.74) is 0. The highest BCUT2D eigenvalue weighted by molar-refractivity contribution is 5.73. The summed E-state index contributed by atoms with van der Waals surface area (Å²) < 4.78 is 0. The molecule has 0 aromatic rings. The van der Waals surface area contributed by atoms with E-state index in [4.69, 9.17) is 0 Å². The Bertz CT molecular complexity index is 226. The number of fused-ring (bicyclic) bond motifs is 1. The molecule has 0 bridgehead atoms. The van der Waals surface area contributed by atoms with Crippen LogP contribution < -0.4 is 0 Å². The van der Waals surface area contributed by atoms with Crippen molar-refractivity contribution >= 4 is 5.91 Å². The van der Waals surface area contributed by atoms with Crippen LogP contribution in [0, 0.1) is 11.8 Å². The Kier molecular flexibility index (Phi) is 2.80. The van der Waals surface area contributed by atoms with Gasteiger partial charge in [-0.15, -0.1) is 0 Å². The van der Waals surface area contributed by atoms with Crippen LogP contribution in [0.1, 0.15) is 46.0 Å². The summed E-state index contributed by atoms with van der Waals surface area (Å²) in [6.07, 6.45) is 6.78. The summed E-state index contributed by atoms with van der Waals surface area (Å²) >= 11 is 0. The molecular weight excluding hydrogens is 174 g/mol. The minimum atomic E-state index is 0.265. The van der Waals surface area contributed by atoms with Crippen LogP contribution in [0.3, 0.4) is 0 Å². The maximum atomic E-state index is 11.4. The molecule has 1 saturated carbocycles. The molecule has 80 valence electrons. The van der Waals surface area contributed by atoms with Crippen molar-refractivity contribution < 1.29 is 4.79 Å². The van der Waals surface area contributed by atoms with Crippen molar-refractivity contribution in [1.29, 1.82) is 0 Å². The van der Waals surface area contributed by atoms with Crippen LogP contribution in [0.2, 0.25) is 0 Å². The van der Waals surface area contributed by atoms with Crippen LogP contribution in [0.15, 0.2) is 0 Å². The third-order valence-corrected chi connectivity index (χ3v) is 4.08. The van der Waals surface area contributed by atoms with Gasteiger partial charge in [-0.25, -0.2) is 0 Å². The molecule has 14 heavy (non-hydrogen) atoms. The molecule has 0 aromatic heterocycles. The Balaban J connectivity index is 2.03. The number of piperidine rings is 1. The zero-order valence-corrected chi connectivity index (χ0v) is 9.33. The Morgan fingerprint density at radius 1 is 1.21 bits per heavy atom. The van der Waals surface area contributed by atoms with Crippen LogP contribution in [0.4, 0.5) is 0 Å². The van der Waals surface area contributed by atoms with Gasteiger partial charge in [-0.3, -0.25) is 4.79 Å². The van der Waals surface area contributed by atoms with Gasteiger partial charge < -0.3 is 4.90 Å². The third-order valence-electron chi connectivity index (χ3n) is 4.08. The summed E-state index contributed by atoms with van der Waals surface area (Å²) in [5, 5.41) is 0. The Labute approximate surface area is 86.7 Å². The fourth-order valence-electron chi connectivity index (χ4n) is 3.27. The van der Waals surface area contributed by atoms with Crippen molar-refractivity contribution in [1.82, 2.24) is 4.90 Å². The molecule has 1 amide bonds. The van der Waals surface area contributed by atoms with E-state index in [1.807, 2.05) is 0 Å².